The Morgan fingerprint density at radius 1 is 1.50 bits per heavy atom. The van der Waals surface area contributed by atoms with Crippen LogP contribution in [0.1, 0.15) is 40.0 Å². The van der Waals surface area contributed by atoms with Crippen LogP contribution in [0, 0.1) is 5.92 Å². The van der Waals surface area contributed by atoms with Gasteiger partial charge in [-0.05, 0) is 46.0 Å². The molecular formula is C12H22N2O2. The van der Waals surface area contributed by atoms with Crippen molar-refractivity contribution in [3.63, 3.8) is 0 Å². The van der Waals surface area contributed by atoms with Crippen molar-refractivity contribution in [1.82, 2.24) is 4.90 Å². The molecule has 16 heavy (non-hydrogen) atoms. The molecule has 0 bridgehead atoms. The van der Waals surface area contributed by atoms with Gasteiger partial charge in [0.15, 0.2) is 0 Å². The Labute approximate surface area is 97.1 Å². The van der Waals surface area contributed by atoms with Gasteiger partial charge in [0.05, 0.1) is 0 Å². The van der Waals surface area contributed by atoms with Gasteiger partial charge in [-0.3, -0.25) is 0 Å². The average Bonchev–Trinajstić information content (AvgIpc) is 2.72. The first kappa shape index (κ1) is 11.7. The number of amides is 1. The van der Waals surface area contributed by atoms with Gasteiger partial charge in [-0.1, -0.05) is 0 Å². The van der Waals surface area contributed by atoms with Crippen molar-refractivity contribution in [1.29, 1.82) is 0 Å². The Kier molecular flexibility index (Phi) is 2.65. The molecule has 0 radical (unpaired) electrons. The highest BCUT2D eigenvalue weighted by atomic mass is 16.6. The number of hydrogen-bond acceptors (Lipinski definition) is 3. The maximum Gasteiger partial charge on any atom is 0.410 e. The summed E-state index contributed by atoms with van der Waals surface area (Å²) in [4.78, 5) is 13.7. The summed E-state index contributed by atoms with van der Waals surface area (Å²) >= 11 is 0. The van der Waals surface area contributed by atoms with Gasteiger partial charge >= 0.3 is 6.09 Å². The van der Waals surface area contributed by atoms with Crippen LogP contribution in [0.2, 0.25) is 0 Å². The van der Waals surface area contributed by atoms with E-state index in [1.807, 2.05) is 25.7 Å². The van der Waals surface area contributed by atoms with E-state index in [2.05, 4.69) is 0 Å². The molecule has 2 unspecified atom stereocenters. The van der Waals surface area contributed by atoms with Gasteiger partial charge in [0.2, 0.25) is 0 Å². The molecule has 4 heteroatoms. The molecule has 1 heterocycles. The van der Waals surface area contributed by atoms with E-state index in [0.717, 1.165) is 32.4 Å². The highest BCUT2D eigenvalue weighted by molar-refractivity contribution is 5.68. The van der Waals surface area contributed by atoms with Gasteiger partial charge < -0.3 is 15.4 Å². The van der Waals surface area contributed by atoms with Gasteiger partial charge in [0, 0.05) is 18.6 Å². The predicted octanol–water partition coefficient (Wildman–Crippen LogP) is 1.73. The zero-order valence-electron chi connectivity index (χ0n) is 10.5. The smallest absolute Gasteiger partial charge is 0.410 e. The first-order chi connectivity index (χ1) is 7.30. The van der Waals surface area contributed by atoms with Gasteiger partial charge in [0.25, 0.3) is 0 Å². The van der Waals surface area contributed by atoms with E-state index >= 15 is 0 Å². The number of carbonyl (C=O) groups excluding carboxylic acids is 1. The second-order valence-corrected chi connectivity index (χ2v) is 6.16. The first-order valence-corrected chi connectivity index (χ1v) is 6.07. The molecular weight excluding hydrogens is 204 g/mol. The van der Waals surface area contributed by atoms with E-state index in [0.29, 0.717) is 5.92 Å². The van der Waals surface area contributed by atoms with Crippen LogP contribution in [0.15, 0.2) is 0 Å². The lowest BCUT2D eigenvalue weighted by Crippen LogP contribution is -2.38. The van der Waals surface area contributed by atoms with Gasteiger partial charge in [0.1, 0.15) is 5.60 Å². The number of fused-ring (bicyclic) bond motifs is 1. The van der Waals surface area contributed by atoms with Crippen molar-refractivity contribution in [2.45, 2.75) is 51.2 Å². The second kappa shape index (κ2) is 3.62. The van der Waals surface area contributed by atoms with Crippen LogP contribution in [-0.2, 0) is 4.74 Å². The Bertz CT molecular complexity index is 298. The Morgan fingerprint density at radius 2 is 2.19 bits per heavy atom. The minimum Gasteiger partial charge on any atom is -0.444 e. The van der Waals surface area contributed by atoms with E-state index < -0.39 is 5.60 Å². The maximum absolute atomic E-state index is 11.9. The molecule has 1 aliphatic carbocycles. The molecule has 1 saturated carbocycles. The minimum atomic E-state index is -0.410. The van der Waals surface area contributed by atoms with Crippen LogP contribution >= 0.6 is 0 Å². The van der Waals surface area contributed by atoms with E-state index in [9.17, 15) is 4.79 Å². The molecule has 1 saturated heterocycles. The van der Waals surface area contributed by atoms with Gasteiger partial charge in [-0.15, -0.1) is 0 Å². The summed E-state index contributed by atoms with van der Waals surface area (Å²) in [5.41, 5.74) is 5.78. The third-order valence-corrected chi connectivity index (χ3v) is 3.44. The molecule has 2 fully saturated rings. The molecule has 0 aromatic heterocycles. The van der Waals surface area contributed by atoms with Crippen molar-refractivity contribution in [2.75, 3.05) is 13.1 Å². The lowest BCUT2D eigenvalue weighted by atomic mass is 10.1. The molecule has 4 nitrogen and oxygen atoms in total. The third-order valence-electron chi connectivity index (χ3n) is 3.44. The van der Waals surface area contributed by atoms with Crippen molar-refractivity contribution < 1.29 is 9.53 Å². The molecule has 92 valence electrons. The predicted molar refractivity (Wildman–Crippen MR) is 62.1 cm³/mol. The fraction of sp³-hybridized carbons (Fsp3) is 0.917. The molecule has 2 N–H and O–H groups in total. The maximum atomic E-state index is 11.9. The summed E-state index contributed by atoms with van der Waals surface area (Å²) in [6.45, 7) is 7.24. The molecule has 1 aliphatic heterocycles. The molecule has 2 atom stereocenters. The summed E-state index contributed by atoms with van der Waals surface area (Å²) < 4.78 is 5.38. The first-order valence-electron chi connectivity index (χ1n) is 6.07. The van der Waals surface area contributed by atoms with Crippen molar-refractivity contribution in [2.24, 2.45) is 11.7 Å². The largest absolute Gasteiger partial charge is 0.444 e. The summed E-state index contributed by atoms with van der Waals surface area (Å²) in [7, 11) is 0. The van der Waals surface area contributed by atoms with E-state index in [1.165, 1.54) is 0 Å². The molecule has 0 spiro atoms. The molecule has 2 aliphatic rings. The number of likely N-dealkylation sites (tertiary alicyclic amines) is 1. The minimum absolute atomic E-state index is 0.0246. The van der Waals surface area contributed by atoms with Crippen LogP contribution in [0.4, 0.5) is 4.79 Å². The highest BCUT2D eigenvalue weighted by Gasteiger charge is 2.52. The van der Waals surface area contributed by atoms with Crippen molar-refractivity contribution >= 4 is 6.09 Å². The summed E-state index contributed by atoms with van der Waals surface area (Å²) in [6.07, 6.45) is 2.90. The number of nitrogens with zero attached hydrogens (tertiary/aromatic N) is 1. The fourth-order valence-corrected chi connectivity index (χ4v) is 2.40. The quantitative estimate of drug-likeness (QED) is 0.684. The number of hydrogen-bond donors (Lipinski definition) is 1. The van der Waals surface area contributed by atoms with Crippen molar-refractivity contribution in [3.05, 3.63) is 0 Å². The van der Waals surface area contributed by atoms with Crippen LogP contribution in [0.5, 0.6) is 0 Å². The Balaban J connectivity index is 1.92. The Hall–Kier alpha value is -0.770. The number of rotatable bonds is 0. The normalized spacial score (nSPS) is 34.0. The second-order valence-electron chi connectivity index (χ2n) is 6.16. The van der Waals surface area contributed by atoms with E-state index in [-0.39, 0.29) is 11.6 Å². The zero-order chi connectivity index (χ0) is 12.0. The van der Waals surface area contributed by atoms with Gasteiger partial charge in [-0.2, -0.15) is 0 Å². The number of nitrogens with two attached hydrogens (primary N) is 1. The number of ether oxygens (including phenoxy) is 1. The summed E-state index contributed by atoms with van der Waals surface area (Å²) in [5, 5.41) is 0. The van der Waals surface area contributed by atoms with Gasteiger partial charge in [-0.25, -0.2) is 4.79 Å². The molecule has 0 aromatic carbocycles. The van der Waals surface area contributed by atoms with E-state index in [1.54, 1.807) is 0 Å². The lowest BCUT2D eigenvalue weighted by molar-refractivity contribution is 0.0246. The fourth-order valence-electron chi connectivity index (χ4n) is 2.40. The third kappa shape index (κ3) is 2.48. The standard InChI is InChI=1S/C12H22N2O2/c1-11(2,3)16-10(15)14-6-4-5-12(13)7-9(12)8-14/h9H,4-8,13H2,1-3H3. The SMILES string of the molecule is CC(C)(C)OC(=O)N1CCCC2(N)CC2C1. The molecule has 0 aromatic rings. The zero-order valence-corrected chi connectivity index (χ0v) is 10.5. The summed E-state index contributed by atoms with van der Waals surface area (Å²) in [5.74, 6) is 0.488. The lowest BCUT2D eigenvalue weighted by Gasteiger charge is -2.26. The highest BCUT2D eigenvalue weighted by Crippen LogP contribution is 2.46. The number of carbonyl (C=O) groups is 1. The average molecular weight is 226 g/mol. The summed E-state index contributed by atoms with van der Waals surface area (Å²) in [6, 6.07) is 0. The van der Waals surface area contributed by atoms with Crippen LogP contribution in [-0.4, -0.2) is 35.2 Å². The monoisotopic (exact) mass is 226 g/mol. The van der Waals surface area contributed by atoms with E-state index in [4.69, 9.17) is 10.5 Å². The molecule has 1 amide bonds. The van der Waals surface area contributed by atoms with Crippen molar-refractivity contribution in [3.8, 4) is 0 Å². The van der Waals surface area contributed by atoms with Crippen LogP contribution < -0.4 is 5.73 Å². The topological polar surface area (TPSA) is 55.6 Å². The molecule has 2 rings (SSSR count). The Morgan fingerprint density at radius 3 is 2.81 bits per heavy atom. The van der Waals surface area contributed by atoms with Crippen LogP contribution in [0.3, 0.4) is 0 Å². The van der Waals surface area contributed by atoms with Crippen LogP contribution in [0.25, 0.3) is 0 Å².